The van der Waals surface area contributed by atoms with Gasteiger partial charge in [-0.05, 0) is 42.9 Å². The molecular weight excluding hydrogens is 204 g/mol. The Morgan fingerprint density at radius 3 is 2.88 bits per heavy atom. The summed E-state index contributed by atoms with van der Waals surface area (Å²) < 4.78 is 10.6. The zero-order valence-electron chi connectivity index (χ0n) is 9.19. The summed E-state index contributed by atoms with van der Waals surface area (Å²) in [6, 6.07) is 6.06. The van der Waals surface area contributed by atoms with E-state index in [4.69, 9.17) is 9.47 Å². The van der Waals surface area contributed by atoms with Crippen molar-refractivity contribution in [1.82, 2.24) is 0 Å². The molecule has 86 valence electrons. The summed E-state index contributed by atoms with van der Waals surface area (Å²) in [5.74, 6) is 2.08. The van der Waals surface area contributed by atoms with Crippen molar-refractivity contribution in [3.8, 4) is 11.5 Å². The molecule has 1 aliphatic heterocycles. The topological polar surface area (TPSA) is 38.7 Å². The molecule has 0 radical (unpaired) electrons. The molecule has 1 aliphatic carbocycles. The number of hydrogen-bond acceptors (Lipinski definition) is 3. The lowest BCUT2D eigenvalue weighted by Crippen LogP contribution is -2.15. The minimum atomic E-state index is -0.120. The van der Waals surface area contributed by atoms with Gasteiger partial charge in [-0.1, -0.05) is 12.5 Å². The average molecular weight is 220 g/mol. The van der Waals surface area contributed by atoms with Gasteiger partial charge >= 0.3 is 0 Å². The summed E-state index contributed by atoms with van der Waals surface area (Å²) in [5.41, 5.74) is 1.23. The first-order valence-electron chi connectivity index (χ1n) is 5.89. The smallest absolute Gasteiger partial charge is 0.231 e. The predicted octanol–water partition coefficient (Wildman–Crippen LogP) is 2.12. The third kappa shape index (κ3) is 1.76. The second-order valence-electron chi connectivity index (χ2n) is 4.65. The molecule has 0 amide bonds. The molecule has 16 heavy (non-hydrogen) atoms. The van der Waals surface area contributed by atoms with Gasteiger partial charge in [0.05, 0.1) is 6.10 Å². The van der Waals surface area contributed by atoms with Gasteiger partial charge in [-0.25, -0.2) is 0 Å². The molecule has 1 aromatic rings. The molecule has 0 spiro atoms. The number of ether oxygens (including phenoxy) is 2. The van der Waals surface area contributed by atoms with Gasteiger partial charge in [-0.2, -0.15) is 0 Å². The zero-order valence-corrected chi connectivity index (χ0v) is 9.19. The van der Waals surface area contributed by atoms with E-state index < -0.39 is 0 Å². The highest BCUT2D eigenvalue weighted by molar-refractivity contribution is 5.44. The van der Waals surface area contributed by atoms with Crippen LogP contribution >= 0.6 is 0 Å². The minimum absolute atomic E-state index is 0.120. The summed E-state index contributed by atoms with van der Waals surface area (Å²) in [6.07, 6.45) is 4.06. The van der Waals surface area contributed by atoms with Gasteiger partial charge in [0.25, 0.3) is 0 Å². The molecule has 0 bridgehead atoms. The number of rotatable bonds is 2. The van der Waals surface area contributed by atoms with Gasteiger partial charge < -0.3 is 14.6 Å². The first-order chi connectivity index (χ1) is 7.83. The van der Waals surface area contributed by atoms with Crippen LogP contribution in [0.5, 0.6) is 11.5 Å². The fourth-order valence-electron chi connectivity index (χ4n) is 2.63. The van der Waals surface area contributed by atoms with Crippen molar-refractivity contribution >= 4 is 0 Å². The Balaban J connectivity index is 1.75. The number of benzene rings is 1. The normalized spacial score (nSPS) is 27.3. The third-order valence-electron chi connectivity index (χ3n) is 3.55. The second kappa shape index (κ2) is 3.98. The maximum absolute atomic E-state index is 9.79. The Kier molecular flexibility index (Phi) is 2.48. The van der Waals surface area contributed by atoms with E-state index in [0.29, 0.717) is 12.7 Å². The van der Waals surface area contributed by atoms with E-state index in [9.17, 15) is 5.11 Å². The van der Waals surface area contributed by atoms with Crippen LogP contribution in [0.15, 0.2) is 18.2 Å². The molecule has 1 saturated carbocycles. The lowest BCUT2D eigenvalue weighted by Gasteiger charge is -2.14. The van der Waals surface area contributed by atoms with E-state index in [2.05, 4.69) is 6.07 Å². The van der Waals surface area contributed by atoms with Gasteiger partial charge in [0.1, 0.15) is 0 Å². The Hall–Kier alpha value is -1.22. The van der Waals surface area contributed by atoms with Crippen LogP contribution in [0.4, 0.5) is 0 Å². The van der Waals surface area contributed by atoms with Crippen molar-refractivity contribution < 1.29 is 14.6 Å². The van der Waals surface area contributed by atoms with Crippen LogP contribution in [-0.2, 0) is 6.42 Å². The summed E-state index contributed by atoms with van der Waals surface area (Å²) in [6.45, 7) is 0.324. The molecule has 1 heterocycles. The summed E-state index contributed by atoms with van der Waals surface area (Å²) >= 11 is 0. The van der Waals surface area contributed by atoms with Crippen LogP contribution in [0.2, 0.25) is 0 Å². The zero-order chi connectivity index (χ0) is 11.0. The van der Waals surface area contributed by atoms with Gasteiger partial charge in [0.2, 0.25) is 6.79 Å². The van der Waals surface area contributed by atoms with Gasteiger partial charge in [0.15, 0.2) is 11.5 Å². The molecule has 2 unspecified atom stereocenters. The molecule has 0 saturated heterocycles. The number of fused-ring (bicyclic) bond motifs is 1. The van der Waals surface area contributed by atoms with Crippen molar-refractivity contribution in [2.45, 2.75) is 31.8 Å². The molecule has 1 aromatic carbocycles. The van der Waals surface area contributed by atoms with Crippen molar-refractivity contribution in [2.24, 2.45) is 5.92 Å². The first-order valence-corrected chi connectivity index (χ1v) is 5.89. The Bertz CT molecular complexity index is 389. The lowest BCUT2D eigenvalue weighted by molar-refractivity contribution is 0.132. The molecule has 1 N–H and O–H groups in total. The summed E-state index contributed by atoms with van der Waals surface area (Å²) in [7, 11) is 0. The Morgan fingerprint density at radius 1 is 1.19 bits per heavy atom. The van der Waals surface area contributed by atoms with Crippen LogP contribution in [0.1, 0.15) is 24.8 Å². The maximum Gasteiger partial charge on any atom is 0.231 e. The average Bonchev–Trinajstić information content (AvgIpc) is 2.88. The molecule has 2 atom stereocenters. The molecular formula is C13H16O3. The molecule has 3 nitrogen and oxygen atoms in total. The van der Waals surface area contributed by atoms with Crippen LogP contribution in [0.25, 0.3) is 0 Å². The number of hydrogen-bond donors (Lipinski definition) is 1. The summed E-state index contributed by atoms with van der Waals surface area (Å²) in [4.78, 5) is 0. The quantitative estimate of drug-likeness (QED) is 0.829. The molecule has 0 aromatic heterocycles. The Labute approximate surface area is 95.0 Å². The lowest BCUT2D eigenvalue weighted by atomic mass is 9.96. The predicted molar refractivity (Wildman–Crippen MR) is 59.6 cm³/mol. The van der Waals surface area contributed by atoms with E-state index in [1.54, 1.807) is 0 Å². The van der Waals surface area contributed by atoms with Crippen LogP contribution < -0.4 is 9.47 Å². The van der Waals surface area contributed by atoms with Crippen molar-refractivity contribution in [3.05, 3.63) is 23.8 Å². The van der Waals surface area contributed by atoms with E-state index in [-0.39, 0.29) is 6.10 Å². The van der Waals surface area contributed by atoms with Gasteiger partial charge in [0, 0.05) is 0 Å². The van der Waals surface area contributed by atoms with E-state index in [1.165, 1.54) is 5.56 Å². The maximum atomic E-state index is 9.79. The number of aliphatic hydroxyl groups is 1. The SMILES string of the molecule is OC1CCCC1Cc1ccc2c(c1)OCO2. The largest absolute Gasteiger partial charge is 0.454 e. The van der Waals surface area contributed by atoms with E-state index >= 15 is 0 Å². The number of aliphatic hydroxyl groups excluding tert-OH is 1. The van der Waals surface area contributed by atoms with Crippen LogP contribution in [-0.4, -0.2) is 18.0 Å². The van der Waals surface area contributed by atoms with E-state index in [1.807, 2.05) is 12.1 Å². The standard InChI is InChI=1S/C13H16O3/c14-11-3-1-2-10(11)6-9-4-5-12-13(7-9)16-8-15-12/h4-5,7,10-11,14H,1-3,6,8H2. The fourth-order valence-corrected chi connectivity index (χ4v) is 2.63. The highest BCUT2D eigenvalue weighted by Gasteiger charge is 2.25. The monoisotopic (exact) mass is 220 g/mol. The highest BCUT2D eigenvalue weighted by atomic mass is 16.7. The minimum Gasteiger partial charge on any atom is -0.454 e. The van der Waals surface area contributed by atoms with Crippen molar-refractivity contribution in [2.75, 3.05) is 6.79 Å². The van der Waals surface area contributed by atoms with Crippen LogP contribution in [0, 0.1) is 5.92 Å². The van der Waals surface area contributed by atoms with Gasteiger partial charge in [-0.15, -0.1) is 0 Å². The molecule has 1 fully saturated rings. The molecule has 2 aliphatic rings. The molecule has 3 rings (SSSR count). The van der Waals surface area contributed by atoms with Gasteiger partial charge in [-0.3, -0.25) is 0 Å². The van der Waals surface area contributed by atoms with Crippen molar-refractivity contribution in [1.29, 1.82) is 0 Å². The highest BCUT2D eigenvalue weighted by Crippen LogP contribution is 2.35. The van der Waals surface area contributed by atoms with E-state index in [0.717, 1.165) is 37.2 Å². The Morgan fingerprint density at radius 2 is 2.06 bits per heavy atom. The van der Waals surface area contributed by atoms with Crippen LogP contribution in [0.3, 0.4) is 0 Å². The second-order valence-corrected chi connectivity index (χ2v) is 4.65. The first kappa shape index (κ1) is 9.97. The summed E-state index contributed by atoms with van der Waals surface area (Å²) in [5, 5.41) is 9.79. The molecule has 3 heteroatoms. The van der Waals surface area contributed by atoms with Crippen molar-refractivity contribution in [3.63, 3.8) is 0 Å². The third-order valence-corrected chi connectivity index (χ3v) is 3.55. The fraction of sp³-hybridized carbons (Fsp3) is 0.538.